The van der Waals surface area contributed by atoms with E-state index in [2.05, 4.69) is 10.6 Å². The van der Waals surface area contributed by atoms with Crippen molar-refractivity contribution in [1.82, 2.24) is 5.32 Å². The van der Waals surface area contributed by atoms with E-state index in [0.717, 1.165) is 44.2 Å². The number of benzene rings is 1. The van der Waals surface area contributed by atoms with Gasteiger partial charge in [0.25, 0.3) is 5.91 Å². The van der Waals surface area contributed by atoms with Gasteiger partial charge in [-0.1, -0.05) is 19.3 Å². The molecule has 2 fully saturated rings. The number of carbonyl (C=O) groups excluding carboxylic acids is 2. The Morgan fingerprint density at radius 1 is 1.08 bits per heavy atom. The summed E-state index contributed by atoms with van der Waals surface area (Å²) in [6.45, 7) is 0.570. The van der Waals surface area contributed by atoms with Crippen molar-refractivity contribution < 1.29 is 9.59 Å². The monoisotopic (exact) mass is 365 g/mol. The summed E-state index contributed by atoms with van der Waals surface area (Å²) in [6.07, 6.45) is 8.27. The minimum Gasteiger partial charge on any atom is -0.349 e. The standard InChI is InChI=1S/C19H27N3O2.ClH/c20-13-19(10-2-1-3-11-19)12-17(23)21-15-6-4-14(5-7-15)18(24)22-16-8-9-16;/h4-7,16H,1-3,8-13,20H2,(H,21,23)(H,22,24);1H. The van der Waals surface area contributed by atoms with Crippen LogP contribution in [0.5, 0.6) is 0 Å². The predicted octanol–water partition coefficient (Wildman–Crippen LogP) is 3.24. The molecule has 2 saturated carbocycles. The maximum atomic E-state index is 12.4. The van der Waals surface area contributed by atoms with Gasteiger partial charge in [-0.05, 0) is 61.9 Å². The molecule has 0 saturated heterocycles. The fourth-order valence-corrected chi connectivity index (χ4v) is 3.50. The van der Waals surface area contributed by atoms with Crippen molar-refractivity contribution in [3.05, 3.63) is 29.8 Å². The molecule has 0 atom stereocenters. The summed E-state index contributed by atoms with van der Waals surface area (Å²) in [4.78, 5) is 24.3. The lowest BCUT2D eigenvalue weighted by molar-refractivity contribution is -0.118. The zero-order valence-corrected chi connectivity index (χ0v) is 15.4. The van der Waals surface area contributed by atoms with Crippen LogP contribution in [0.3, 0.4) is 0 Å². The minimum absolute atomic E-state index is 0. The zero-order valence-electron chi connectivity index (χ0n) is 14.6. The van der Waals surface area contributed by atoms with Crippen LogP contribution in [-0.4, -0.2) is 24.4 Å². The number of anilines is 1. The summed E-state index contributed by atoms with van der Waals surface area (Å²) < 4.78 is 0. The second-order valence-electron chi connectivity index (χ2n) is 7.31. The third-order valence-corrected chi connectivity index (χ3v) is 5.23. The molecular formula is C19H28ClN3O2. The van der Waals surface area contributed by atoms with E-state index in [1.165, 1.54) is 6.42 Å². The van der Waals surface area contributed by atoms with E-state index < -0.39 is 0 Å². The van der Waals surface area contributed by atoms with Gasteiger partial charge in [0.05, 0.1) is 0 Å². The predicted molar refractivity (Wildman–Crippen MR) is 102 cm³/mol. The summed E-state index contributed by atoms with van der Waals surface area (Å²) in [7, 11) is 0. The first-order valence-corrected chi connectivity index (χ1v) is 9.01. The van der Waals surface area contributed by atoms with Gasteiger partial charge in [0.15, 0.2) is 0 Å². The van der Waals surface area contributed by atoms with Gasteiger partial charge in [0.2, 0.25) is 5.91 Å². The molecule has 25 heavy (non-hydrogen) atoms. The molecule has 0 heterocycles. The van der Waals surface area contributed by atoms with E-state index in [0.29, 0.717) is 24.6 Å². The molecule has 138 valence electrons. The molecule has 4 N–H and O–H groups in total. The normalized spacial score (nSPS) is 18.8. The van der Waals surface area contributed by atoms with Crippen LogP contribution in [0.1, 0.15) is 61.7 Å². The summed E-state index contributed by atoms with van der Waals surface area (Å²) >= 11 is 0. The summed E-state index contributed by atoms with van der Waals surface area (Å²) in [5.74, 6) is -0.0304. The molecule has 0 spiro atoms. The Morgan fingerprint density at radius 2 is 1.72 bits per heavy atom. The molecule has 3 rings (SSSR count). The number of rotatable bonds is 6. The van der Waals surface area contributed by atoms with Gasteiger partial charge in [-0.3, -0.25) is 9.59 Å². The van der Waals surface area contributed by atoms with Crippen molar-refractivity contribution in [3.8, 4) is 0 Å². The Balaban J connectivity index is 0.00000225. The van der Waals surface area contributed by atoms with Gasteiger partial charge < -0.3 is 16.4 Å². The number of hydrogen-bond acceptors (Lipinski definition) is 3. The molecule has 0 aliphatic heterocycles. The van der Waals surface area contributed by atoms with Gasteiger partial charge in [0.1, 0.15) is 0 Å². The lowest BCUT2D eigenvalue weighted by Gasteiger charge is -2.35. The Hall–Kier alpha value is -1.59. The van der Waals surface area contributed by atoms with E-state index in [1.54, 1.807) is 24.3 Å². The molecule has 1 aromatic rings. The number of carbonyl (C=O) groups is 2. The highest BCUT2D eigenvalue weighted by atomic mass is 35.5. The SMILES string of the molecule is Cl.NCC1(CC(=O)Nc2ccc(C(=O)NC3CC3)cc2)CCCCC1. The second kappa shape index (κ2) is 8.68. The molecular weight excluding hydrogens is 338 g/mol. The van der Waals surface area contributed by atoms with Crippen LogP contribution >= 0.6 is 12.4 Å². The van der Waals surface area contributed by atoms with Crippen molar-refractivity contribution in [2.24, 2.45) is 11.1 Å². The van der Waals surface area contributed by atoms with Gasteiger partial charge in [-0.2, -0.15) is 0 Å². The van der Waals surface area contributed by atoms with Crippen molar-refractivity contribution in [2.75, 3.05) is 11.9 Å². The molecule has 0 aromatic heterocycles. The highest BCUT2D eigenvalue weighted by Gasteiger charge is 2.33. The third kappa shape index (κ3) is 5.44. The highest BCUT2D eigenvalue weighted by molar-refractivity contribution is 5.96. The van der Waals surface area contributed by atoms with Gasteiger partial charge in [-0.25, -0.2) is 0 Å². The number of nitrogens with two attached hydrogens (primary N) is 1. The Morgan fingerprint density at radius 3 is 2.28 bits per heavy atom. The molecule has 6 heteroatoms. The number of halogens is 1. The Labute approximate surface area is 155 Å². The van der Waals surface area contributed by atoms with Crippen LogP contribution in [0.25, 0.3) is 0 Å². The fraction of sp³-hybridized carbons (Fsp3) is 0.579. The van der Waals surface area contributed by atoms with Crippen molar-refractivity contribution >= 4 is 29.9 Å². The van der Waals surface area contributed by atoms with Crippen LogP contribution in [0.2, 0.25) is 0 Å². The summed E-state index contributed by atoms with van der Waals surface area (Å²) in [5, 5.41) is 5.90. The first kappa shape index (κ1) is 19.7. The van der Waals surface area contributed by atoms with Crippen molar-refractivity contribution in [1.29, 1.82) is 0 Å². The van der Waals surface area contributed by atoms with Crippen LogP contribution in [0.15, 0.2) is 24.3 Å². The van der Waals surface area contributed by atoms with Crippen LogP contribution in [0, 0.1) is 5.41 Å². The summed E-state index contributed by atoms with van der Waals surface area (Å²) in [6, 6.07) is 7.44. The average Bonchev–Trinajstić information content (AvgIpc) is 3.40. The molecule has 0 bridgehead atoms. The largest absolute Gasteiger partial charge is 0.349 e. The highest BCUT2D eigenvalue weighted by Crippen LogP contribution is 2.38. The minimum atomic E-state index is -0.0420. The van der Waals surface area contributed by atoms with E-state index in [9.17, 15) is 9.59 Å². The number of hydrogen-bond donors (Lipinski definition) is 3. The van der Waals surface area contributed by atoms with Gasteiger partial charge >= 0.3 is 0 Å². The maximum Gasteiger partial charge on any atom is 0.251 e. The zero-order chi connectivity index (χ0) is 17.0. The van der Waals surface area contributed by atoms with Crippen molar-refractivity contribution in [3.63, 3.8) is 0 Å². The summed E-state index contributed by atoms with van der Waals surface area (Å²) in [5.41, 5.74) is 7.28. The topological polar surface area (TPSA) is 84.2 Å². The van der Waals surface area contributed by atoms with Crippen LogP contribution < -0.4 is 16.4 Å². The van der Waals surface area contributed by atoms with Gasteiger partial charge in [0, 0.05) is 23.7 Å². The molecule has 2 amide bonds. The molecule has 0 unspecified atom stereocenters. The van der Waals surface area contributed by atoms with E-state index in [1.807, 2.05) is 0 Å². The second-order valence-corrected chi connectivity index (χ2v) is 7.31. The van der Waals surface area contributed by atoms with E-state index in [4.69, 9.17) is 5.73 Å². The molecule has 2 aliphatic carbocycles. The maximum absolute atomic E-state index is 12.4. The number of nitrogens with one attached hydrogen (secondary N) is 2. The molecule has 1 aromatic carbocycles. The van der Waals surface area contributed by atoms with Crippen molar-refractivity contribution in [2.45, 2.75) is 57.4 Å². The Kier molecular flexibility index (Phi) is 6.85. The van der Waals surface area contributed by atoms with Gasteiger partial charge in [-0.15, -0.1) is 12.4 Å². The Bertz CT molecular complexity index is 593. The lowest BCUT2D eigenvalue weighted by atomic mass is 9.71. The van der Waals surface area contributed by atoms with E-state index >= 15 is 0 Å². The van der Waals surface area contributed by atoms with Crippen LogP contribution in [-0.2, 0) is 4.79 Å². The molecule has 2 aliphatic rings. The fourth-order valence-electron chi connectivity index (χ4n) is 3.50. The van der Waals surface area contributed by atoms with E-state index in [-0.39, 0.29) is 29.6 Å². The third-order valence-electron chi connectivity index (χ3n) is 5.23. The average molecular weight is 366 g/mol. The molecule has 0 radical (unpaired) electrons. The lowest BCUT2D eigenvalue weighted by Crippen LogP contribution is -2.36. The first-order chi connectivity index (χ1) is 11.6. The number of amides is 2. The smallest absolute Gasteiger partial charge is 0.251 e. The molecule has 5 nitrogen and oxygen atoms in total. The van der Waals surface area contributed by atoms with Crippen LogP contribution in [0.4, 0.5) is 5.69 Å². The quantitative estimate of drug-likeness (QED) is 0.723. The first-order valence-electron chi connectivity index (χ1n) is 9.01.